The van der Waals surface area contributed by atoms with Crippen molar-refractivity contribution in [1.29, 1.82) is 0 Å². The van der Waals surface area contributed by atoms with E-state index < -0.39 is 6.17 Å². The van der Waals surface area contributed by atoms with E-state index in [0.29, 0.717) is 22.9 Å². The smallest absolute Gasteiger partial charge is 0.103 e. The van der Waals surface area contributed by atoms with E-state index in [-0.39, 0.29) is 11.3 Å². The molecule has 0 aromatic carbocycles. The Morgan fingerprint density at radius 3 is 1.97 bits per heavy atom. The fraction of sp³-hybridized carbons (Fsp3) is 1.00. The van der Waals surface area contributed by atoms with Crippen LogP contribution in [0.5, 0.6) is 0 Å². The van der Waals surface area contributed by atoms with Crippen molar-refractivity contribution in [3.05, 3.63) is 0 Å². The van der Waals surface area contributed by atoms with Crippen LogP contribution in [0, 0.1) is 22.2 Å². The Hall–Kier alpha value is -0.150. The molecule has 32 heavy (non-hydrogen) atoms. The van der Waals surface area contributed by atoms with Gasteiger partial charge in [-0.1, -0.05) is 81.6 Å². The Morgan fingerprint density at radius 2 is 1.53 bits per heavy atom. The molecule has 1 aliphatic rings. The third kappa shape index (κ3) is 10.00. The standard InChI is InChI=1S/C29H59FN2/c1-11-13-14-15-18-32(24-16-17-25(30)23(3)19-24)20-26(31-10)29(12-2,21-27(4,5)6)22-28(7,8)9/h23-26,31H,11-22H2,1-10H3. The molecular weight excluding hydrogens is 395 g/mol. The van der Waals surface area contributed by atoms with Gasteiger partial charge < -0.3 is 5.32 Å². The molecule has 3 heteroatoms. The number of hydrogen-bond donors (Lipinski definition) is 1. The van der Waals surface area contributed by atoms with Gasteiger partial charge in [-0.15, -0.1) is 0 Å². The number of nitrogens with zero attached hydrogens (tertiary/aromatic N) is 1. The summed E-state index contributed by atoms with van der Waals surface area (Å²) < 4.78 is 14.3. The highest BCUT2D eigenvalue weighted by molar-refractivity contribution is 4.98. The van der Waals surface area contributed by atoms with Gasteiger partial charge in [-0.2, -0.15) is 0 Å². The number of alkyl halides is 1. The van der Waals surface area contributed by atoms with Gasteiger partial charge in [0.2, 0.25) is 0 Å². The Bertz CT molecular complexity index is 488. The Kier molecular flexibility index (Phi) is 12.2. The lowest BCUT2D eigenvalue weighted by atomic mass is 9.61. The molecule has 0 radical (unpaired) electrons. The minimum absolute atomic E-state index is 0.194. The Labute approximate surface area is 201 Å². The summed E-state index contributed by atoms with van der Waals surface area (Å²) in [6, 6.07) is 0.990. The van der Waals surface area contributed by atoms with Crippen LogP contribution in [0.1, 0.15) is 127 Å². The van der Waals surface area contributed by atoms with Crippen molar-refractivity contribution < 1.29 is 4.39 Å². The molecule has 0 aliphatic heterocycles. The maximum absolute atomic E-state index is 14.3. The summed E-state index contributed by atoms with van der Waals surface area (Å²) in [6.07, 6.45) is 11.0. The van der Waals surface area contributed by atoms with E-state index in [0.717, 1.165) is 32.4 Å². The molecule has 192 valence electrons. The zero-order valence-electron chi connectivity index (χ0n) is 23.6. The van der Waals surface area contributed by atoms with E-state index in [2.05, 4.69) is 79.6 Å². The molecule has 0 aromatic heterocycles. The average molecular weight is 455 g/mol. The molecule has 2 nitrogen and oxygen atoms in total. The predicted molar refractivity (Wildman–Crippen MR) is 141 cm³/mol. The molecule has 1 aliphatic carbocycles. The van der Waals surface area contributed by atoms with Gasteiger partial charge >= 0.3 is 0 Å². The second kappa shape index (κ2) is 13.1. The average Bonchev–Trinajstić information content (AvgIpc) is 2.67. The van der Waals surface area contributed by atoms with E-state index in [4.69, 9.17) is 0 Å². The number of rotatable bonds is 13. The summed E-state index contributed by atoms with van der Waals surface area (Å²) in [5, 5.41) is 3.81. The van der Waals surface area contributed by atoms with Crippen molar-refractivity contribution in [2.45, 2.75) is 145 Å². The first-order valence-electron chi connectivity index (χ1n) is 13.8. The summed E-state index contributed by atoms with van der Waals surface area (Å²) in [7, 11) is 2.18. The van der Waals surface area contributed by atoms with E-state index in [1.54, 1.807) is 0 Å². The van der Waals surface area contributed by atoms with Gasteiger partial charge in [0.1, 0.15) is 6.17 Å². The fourth-order valence-corrected chi connectivity index (χ4v) is 6.57. The van der Waals surface area contributed by atoms with Crippen molar-refractivity contribution in [2.75, 3.05) is 20.1 Å². The third-order valence-electron chi connectivity index (χ3n) is 7.83. The second-order valence-electron chi connectivity index (χ2n) is 13.5. The van der Waals surface area contributed by atoms with Crippen LogP contribution < -0.4 is 5.32 Å². The normalized spacial score (nSPS) is 24.2. The lowest BCUT2D eigenvalue weighted by molar-refractivity contribution is 0.0187. The molecule has 0 bridgehead atoms. The summed E-state index contributed by atoms with van der Waals surface area (Å²) in [5.41, 5.74) is 0.849. The summed E-state index contributed by atoms with van der Waals surface area (Å²) >= 11 is 0. The van der Waals surface area contributed by atoms with Gasteiger partial charge in [0.15, 0.2) is 0 Å². The van der Waals surface area contributed by atoms with Crippen LogP contribution in [0.3, 0.4) is 0 Å². The highest BCUT2D eigenvalue weighted by atomic mass is 19.1. The maximum atomic E-state index is 14.3. The van der Waals surface area contributed by atoms with Crippen LogP contribution in [0.25, 0.3) is 0 Å². The molecule has 4 atom stereocenters. The zero-order valence-corrected chi connectivity index (χ0v) is 23.6. The first-order valence-corrected chi connectivity index (χ1v) is 13.8. The van der Waals surface area contributed by atoms with E-state index in [9.17, 15) is 4.39 Å². The van der Waals surface area contributed by atoms with Crippen LogP contribution in [0.4, 0.5) is 4.39 Å². The van der Waals surface area contributed by atoms with Gasteiger partial charge in [-0.3, -0.25) is 4.90 Å². The SMILES string of the molecule is CCCCCCN(CC(NC)C(CC)(CC(C)(C)C)CC(C)(C)C)C1CCC(F)C(C)C1. The van der Waals surface area contributed by atoms with Crippen LogP contribution in [0.15, 0.2) is 0 Å². The van der Waals surface area contributed by atoms with Crippen molar-refractivity contribution in [3.8, 4) is 0 Å². The van der Waals surface area contributed by atoms with E-state index in [1.807, 2.05) is 0 Å². The van der Waals surface area contributed by atoms with Gasteiger partial charge in [0.25, 0.3) is 0 Å². The maximum Gasteiger partial charge on any atom is 0.103 e. The molecule has 1 saturated carbocycles. The van der Waals surface area contributed by atoms with Crippen LogP contribution in [0.2, 0.25) is 0 Å². The topological polar surface area (TPSA) is 15.3 Å². The Morgan fingerprint density at radius 1 is 0.938 bits per heavy atom. The van der Waals surface area contributed by atoms with Crippen molar-refractivity contribution in [2.24, 2.45) is 22.2 Å². The number of hydrogen-bond acceptors (Lipinski definition) is 2. The predicted octanol–water partition coefficient (Wildman–Crippen LogP) is 8.25. The molecule has 0 heterocycles. The van der Waals surface area contributed by atoms with E-state index in [1.165, 1.54) is 44.9 Å². The summed E-state index contributed by atoms with van der Waals surface area (Å²) in [6.45, 7) is 23.5. The fourth-order valence-electron chi connectivity index (χ4n) is 6.57. The minimum Gasteiger partial charge on any atom is -0.315 e. The first kappa shape index (κ1) is 29.9. The summed E-state index contributed by atoms with van der Waals surface area (Å²) in [4.78, 5) is 2.77. The molecule has 0 amide bonds. The molecule has 1 rings (SSSR count). The first-order chi connectivity index (χ1) is 14.8. The number of likely N-dealkylation sites (N-methyl/N-ethyl adjacent to an activating group) is 1. The second-order valence-corrected chi connectivity index (χ2v) is 13.5. The molecule has 1 fully saturated rings. The van der Waals surface area contributed by atoms with Crippen LogP contribution in [-0.2, 0) is 0 Å². The lowest BCUT2D eigenvalue weighted by Gasteiger charge is -2.50. The van der Waals surface area contributed by atoms with Crippen LogP contribution >= 0.6 is 0 Å². The number of nitrogens with one attached hydrogen (secondary N) is 1. The van der Waals surface area contributed by atoms with Gasteiger partial charge in [0.05, 0.1) is 0 Å². The largest absolute Gasteiger partial charge is 0.315 e. The quantitative estimate of drug-likeness (QED) is 0.282. The molecule has 0 saturated heterocycles. The van der Waals surface area contributed by atoms with E-state index >= 15 is 0 Å². The minimum atomic E-state index is -0.607. The molecule has 4 unspecified atom stereocenters. The Balaban J connectivity index is 3.17. The number of unbranched alkanes of at least 4 members (excludes halogenated alkanes) is 3. The molecule has 0 aromatic rings. The zero-order chi connectivity index (χ0) is 24.6. The van der Waals surface area contributed by atoms with Crippen LogP contribution in [-0.4, -0.2) is 43.3 Å². The van der Waals surface area contributed by atoms with Gasteiger partial charge in [0, 0.05) is 18.6 Å². The third-order valence-corrected chi connectivity index (χ3v) is 7.83. The molecule has 0 spiro atoms. The van der Waals surface area contributed by atoms with Crippen molar-refractivity contribution >= 4 is 0 Å². The number of halogens is 1. The van der Waals surface area contributed by atoms with Crippen molar-refractivity contribution in [3.63, 3.8) is 0 Å². The van der Waals surface area contributed by atoms with Gasteiger partial charge in [-0.05, 0) is 80.7 Å². The van der Waals surface area contributed by atoms with Gasteiger partial charge in [-0.25, -0.2) is 4.39 Å². The summed E-state index contributed by atoms with van der Waals surface area (Å²) in [5.74, 6) is 0.194. The monoisotopic (exact) mass is 454 g/mol. The van der Waals surface area contributed by atoms with Crippen molar-refractivity contribution in [1.82, 2.24) is 10.2 Å². The molecule has 1 N–H and O–H groups in total. The molecular formula is C29H59FN2. The lowest BCUT2D eigenvalue weighted by Crippen LogP contribution is -2.55. The highest BCUT2D eigenvalue weighted by Crippen LogP contribution is 2.47. The highest BCUT2D eigenvalue weighted by Gasteiger charge is 2.43.